The molecule has 1 aliphatic rings. The summed E-state index contributed by atoms with van der Waals surface area (Å²) < 4.78 is 0. The molecule has 0 radical (unpaired) electrons. The van der Waals surface area contributed by atoms with Gasteiger partial charge in [-0.05, 0) is 49.5 Å². The molecular formula is C15H22ClN3O2. The minimum atomic E-state index is -0.523. The van der Waals surface area contributed by atoms with Crippen LogP contribution in [0.25, 0.3) is 0 Å². The van der Waals surface area contributed by atoms with Gasteiger partial charge >= 0.3 is 0 Å². The standard InChI is InChI=1S/C15H21N3O2.ClH/c1-15(5-7-17-8-6-15)10-18-14(20)12-4-2-3-11(9-12)13(16)19;/h2-4,9,17H,5-8,10H2,1H3,(H2,16,19)(H,18,20);1H. The van der Waals surface area contributed by atoms with Crippen LogP contribution >= 0.6 is 12.4 Å². The van der Waals surface area contributed by atoms with Crippen molar-refractivity contribution in [3.05, 3.63) is 35.4 Å². The average Bonchev–Trinajstić information content (AvgIpc) is 2.46. The normalized spacial score (nSPS) is 16.6. The summed E-state index contributed by atoms with van der Waals surface area (Å²) >= 11 is 0. The predicted molar refractivity (Wildman–Crippen MR) is 84.8 cm³/mol. The number of halogens is 1. The molecule has 0 saturated carbocycles. The van der Waals surface area contributed by atoms with Gasteiger partial charge in [0.2, 0.25) is 5.91 Å². The van der Waals surface area contributed by atoms with Crippen LogP contribution in [0, 0.1) is 5.41 Å². The Morgan fingerprint density at radius 1 is 1.29 bits per heavy atom. The molecule has 0 aromatic heterocycles. The van der Waals surface area contributed by atoms with Crippen molar-refractivity contribution in [3.8, 4) is 0 Å². The van der Waals surface area contributed by atoms with Crippen molar-refractivity contribution in [2.75, 3.05) is 19.6 Å². The number of benzene rings is 1. The minimum Gasteiger partial charge on any atom is -0.366 e. The summed E-state index contributed by atoms with van der Waals surface area (Å²) in [5.74, 6) is -0.683. The zero-order chi connectivity index (χ0) is 14.6. The molecule has 0 spiro atoms. The molecule has 0 atom stereocenters. The Morgan fingerprint density at radius 3 is 2.52 bits per heavy atom. The van der Waals surface area contributed by atoms with Crippen molar-refractivity contribution < 1.29 is 9.59 Å². The number of nitrogens with two attached hydrogens (primary N) is 1. The van der Waals surface area contributed by atoms with E-state index in [4.69, 9.17) is 5.73 Å². The number of hydrogen-bond donors (Lipinski definition) is 3. The van der Waals surface area contributed by atoms with Gasteiger partial charge in [-0.2, -0.15) is 0 Å². The number of piperidine rings is 1. The molecule has 1 fully saturated rings. The lowest BCUT2D eigenvalue weighted by atomic mass is 9.81. The molecule has 2 amide bonds. The number of primary amides is 1. The molecule has 0 aliphatic carbocycles. The van der Waals surface area contributed by atoms with Crippen LogP contribution in [0.5, 0.6) is 0 Å². The third-order valence-corrected chi connectivity index (χ3v) is 3.90. The molecule has 1 saturated heterocycles. The van der Waals surface area contributed by atoms with Gasteiger partial charge < -0.3 is 16.4 Å². The van der Waals surface area contributed by atoms with Gasteiger partial charge in [0.25, 0.3) is 5.91 Å². The lowest BCUT2D eigenvalue weighted by molar-refractivity contribution is 0.0922. The number of nitrogens with one attached hydrogen (secondary N) is 2. The van der Waals surface area contributed by atoms with E-state index in [1.807, 2.05) is 0 Å². The molecule has 1 aliphatic heterocycles. The van der Waals surface area contributed by atoms with E-state index >= 15 is 0 Å². The topological polar surface area (TPSA) is 84.2 Å². The van der Waals surface area contributed by atoms with E-state index in [0.717, 1.165) is 25.9 Å². The third kappa shape index (κ3) is 4.72. The van der Waals surface area contributed by atoms with Gasteiger partial charge in [0.15, 0.2) is 0 Å². The summed E-state index contributed by atoms with van der Waals surface area (Å²) in [5, 5.41) is 6.27. The summed E-state index contributed by atoms with van der Waals surface area (Å²) in [6.07, 6.45) is 2.10. The fraction of sp³-hybridized carbons (Fsp3) is 0.467. The number of amides is 2. The fourth-order valence-electron chi connectivity index (χ4n) is 2.42. The average molecular weight is 312 g/mol. The van der Waals surface area contributed by atoms with Crippen LogP contribution < -0.4 is 16.4 Å². The van der Waals surface area contributed by atoms with Gasteiger partial charge in [0.05, 0.1) is 0 Å². The summed E-state index contributed by atoms with van der Waals surface area (Å²) in [6, 6.07) is 6.49. The van der Waals surface area contributed by atoms with E-state index in [-0.39, 0.29) is 23.7 Å². The third-order valence-electron chi connectivity index (χ3n) is 3.90. The van der Waals surface area contributed by atoms with Crippen LogP contribution in [0.3, 0.4) is 0 Å². The highest BCUT2D eigenvalue weighted by atomic mass is 35.5. The van der Waals surface area contributed by atoms with E-state index in [1.54, 1.807) is 18.2 Å². The highest BCUT2D eigenvalue weighted by molar-refractivity contribution is 5.99. The summed E-state index contributed by atoms with van der Waals surface area (Å²) in [7, 11) is 0. The quantitative estimate of drug-likeness (QED) is 0.784. The van der Waals surface area contributed by atoms with E-state index in [2.05, 4.69) is 17.6 Å². The van der Waals surface area contributed by atoms with Crippen LogP contribution in [0.4, 0.5) is 0 Å². The first-order valence-corrected chi connectivity index (χ1v) is 6.89. The molecule has 5 nitrogen and oxygen atoms in total. The van der Waals surface area contributed by atoms with Crippen LogP contribution in [0.1, 0.15) is 40.5 Å². The lowest BCUT2D eigenvalue weighted by Crippen LogP contribution is -2.42. The number of carbonyl (C=O) groups is 2. The summed E-state index contributed by atoms with van der Waals surface area (Å²) in [6.45, 7) is 4.81. The number of hydrogen-bond acceptors (Lipinski definition) is 3. The maximum Gasteiger partial charge on any atom is 0.251 e. The maximum atomic E-state index is 12.1. The van der Waals surface area contributed by atoms with Crippen LogP contribution in [-0.2, 0) is 0 Å². The molecule has 1 heterocycles. The van der Waals surface area contributed by atoms with Gasteiger partial charge in [0.1, 0.15) is 0 Å². The zero-order valence-electron chi connectivity index (χ0n) is 12.1. The van der Waals surface area contributed by atoms with E-state index in [1.165, 1.54) is 6.07 Å². The molecule has 21 heavy (non-hydrogen) atoms. The molecule has 0 bridgehead atoms. The van der Waals surface area contributed by atoms with E-state index in [0.29, 0.717) is 17.7 Å². The zero-order valence-corrected chi connectivity index (χ0v) is 13.0. The highest BCUT2D eigenvalue weighted by Gasteiger charge is 2.27. The van der Waals surface area contributed by atoms with Gasteiger partial charge in [-0.15, -0.1) is 12.4 Å². The Bertz CT molecular complexity index is 513. The van der Waals surface area contributed by atoms with Crippen molar-refractivity contribution in [1.82, 2.24) is 10.6 Å². The van der Waals surface area contributed by atoms with E-state index in [9.17, 15) is 9.59 Å². The molecule has 116 valence electrons. The van der Waals surface area contributed by atoms with Crippen LogP contribution in [0.15, 0.2) is 24.3 Å². The number of carbonyl (C=O) groups excluding carboxylic acids is 2. The smallest absolute Gasteiger partial charge is 0.251 e. The molecule has 0 unspecified atom stereocenters. The van der Waals surface area contributed by atoms with Crippen molar-refractivity contribution in [1.29, 1.82) is 0 Å². The Hall–Kier alpha value is -1.59. The van der Waals surface area contributed by atoms with E-state index < -0.39 is 5.91 Å². The maximum absolute atomic E-state index is 12.1. The molecular weight excluding hydrogens is 290 g/mol. The van der Waals surface area contributed by atoms with Gasteiger partial charge in [-0.25, -0.2) is 0 Å². The van der Waals surface area contributed by atoms with Crippen LogP contribution in [0.2, 0.25) is 0 Å². The fourth-order valence-corrected chi connectivity index (χ4v) is 2.42. The predicted octanol–water partition coefficient (Wildman–Crippen LogP) is 1.33. The highest BCUT2D eigenvalue weighted by Crippen LogP contribution is 2.26. The Kier molecular flexibility index (Phi) is 6.18. The van der Waals surface area contributed by atoms with Crippen LogP contribution in [-0.4, -0.2) is 31.4 Å². The van der Waals surface area contributed by atoms with Crippen molar-refractivity contribution >= 4 is 24.2 Å². The molecule has 1 aromatic rings. The van der Waals surface area contributed by atoms with Gasteiger partial charge in [0, 0.05) is 17.7 Å². The van der Waals surface area contributed by atoms with Gasteiger partial charge in [-0.1, -0.05) is 13.0 Å². The molecule has 1 aromatic carbocycles. The Balaban J connectivity index is 0.00000220. The summed E-state index contributed by atoms with van der Waals surface area (Å²) in [5.41, 5.74) is 6.18. The minimum absolute atomic E-state index is 0. The first-order chi connectivity index (χ1) is 9.50. The van der Waals surface area contributed by atoms with Crippen molar-refractivity contribution in [2.45, 2.75) is 19.8 Å². The largest absolute Gasteiger partial charge is 0.366 e. The van der Waals surface area contributed by atoms with Crippen molar-refractivity contribution in [2.24, 2.45) is 11.1 Å². The first-order valence-electron chi connectivity index (χ1n) is 6.89. The lowest BCUT2D eigenvalue weighted by Gasteiger charge is -2.34. The summed E-state index contributed by atoms with van der Waals surface area (Å²) in [4.78, 5) is 23.2. The number of rotatable bonds is 4. The monoisotopic (exact) mass is 311 g/mol. The SMILES string of the molecule is CC1(CNC(=O)c2cccc(C(N)=O)c2)CCNCC1.Cl. The molecule has 2 rings (SSSR count). The first kappa shape index (κ1) is 17.5. The second-order valence-corrected chi connectivity index (χ2v) is 5.69. The second kappa shape index (κ2) is 7.43. The van der Waals surface area contributed by atoms with Crippen molar-refractivity contribution in [3.63, 3.8) is 0 Å². The van der Waals surface area contributed by atoms with Gasteiger partial charge in [-0.3, -0.25) is 9.59 Å². The molecule has 4 N–H and O–H groups in total. The molecule has 6 heteroatoms. The Labute approximate surface area is 131 Å². The Morgan fingerprint density at radius 2 is 1.90 bits per heavy atom. The second-order valence-electron chi connectivity index (χ2n) is 5.69.